The first-order valence-corrected chi connectivity index (χ1v) is 8.50. The fourth-order valence-corrected chi connectivity index (χ4v) is 2.62. The van der Waals surface area contributed by atoms with Crippen molar-refractivity contribution < 1.29 is 19.4 Å². The van der Waals surface area contributed by atoms with E-state index >= 15 is 0 Å². The molecule has 2 aromatic carbocycles. The maximum atomic E-state index is 10.6. The molecule has 0 aromatic heterocycles. The summed E-state index contributed by atoms with van der Waals surface area (Å²) in [7, 11) is 0. The highest BCUT2D eigenvalue weighted by molar-refractivity contribution is 6.31. The normalized spacial score (nSPS) is 10.5. The van der Waals surface area contributed by atoms with Crippen LogP contribution in [0.3, 0.4) is 0 Å². The van der Waals surface area contributed by atoms with Gasteiger partial charge in [0.25, 0.3) is 0 Å². The number of halogens is 2. The van der Waals surface area contributed by atoms with Crippen LogP contribution in [0.2, 0.25) is 10.0 Å². The molecule has 0 fully saturated rings. The molecule has 0 saturated carbocycles. The Morgan fingerprint density at radius 2 is 1.92 bits per heavy atom. The van der Waals surface area contributed by atoms with E-state index in [9.17, 15) is 4.79 Å². The number of benzene rings is 2. The zero-order valence-electron chi connectivity index (χ0n) is 13.7. The Morgan fingerprint density at radius 1 is 1.16 bits per heavy atom. The molecule has 7 heteroatoms. The number of aliphatic carboxylic acids is 1. The van der Waals surface area contributed by atoms with Crippen LogP contribution in [0.15, 0.2) is 36.4 Å². The van der Waals surface area contributed by atoms with E-state index in [1.807, 2.05) is 25.1 Å². The Balaban J connectivity index is 2.13. The van der Waals surface area contributed by atoms with E-state index in [0.29, 0.717) is 41.3 Å². The smallest absolute Gasteiger partial charge is 0.317 e. The quantitative estimate of drug-likeness (QED) is 0.680. The summed E-state index contributed by atoms with van der Waals surface area (Å²) in [6, 6.07) is 10.8. The van der Waals surface area contributed by atoms with Gasteiger partial charge in [-0.3, -0.25) is 4.79 Å². The zero-order chi connectivity index (χ0) is 18.2. The minimum Gasteiger partial charge on any atom is -0.490 e. The Labute approximate surface area is 156 Å². The standard InChI is InChI=1S/C18H19Cl2NO4/c1-2-24-16-7-13(9-21-10-18(22)23)15(20)8-17(16)25-11-12-4-3-5-14(19)6-12/h3-8,21H,2,9-11H2,1H3,(H,22,23). The zero-order valence-corrected chi connectivity index (χ0v) is 15.2. The Hall–Kier alpha value is -1.95. The van der Waals surface area contributed by atoms with Crippen molar-refractivity contribution in [3.05, 3.63) is 57.6 Å². The fourth-order valence-electron chi connectivity index (χ4n) is 2.19. The van der Waals surface area contributed by atoms with Gasteiger partial charge in [-0.25, -0.2) is 0 Å². The number of carbonyl (C=O) groups is 1. The summed E-state index contributed by atoms with van der Waals surface area (Å²) in [5.74, 6) is 0.150. The highest BCUT2D eigenvalue weighted by Gasteiger charge is 2.12. The number of ether oxygens (including phenoxy) is 2. The molecular formula is C18H19Cl2NO4. The number of nitrogens with one attached hydrogen (secondary N) is 1. The first-order valence-electron chi connectivity index (χ1n) is 7.74. The molecule has 0 aliphatic carbocycles. The summed E-state index contributed by atoms with van der Waals surface area (Å²) in [6.07, 6.45) is 0. The van der Waals surface area contributed by atoms with E-state index in [0.717, 1.165) is 11.1 Å². The monoisotopic (exact) mass is 383 g/mol. The maximum Gasteiger partial charge on any atom is 0.317 e. The highest BCUT2D eigenvalue weighted by Crippen LogP contribution is 2.34. The molecule has 134 valence electrons. The van der Waals surface area contributed by atoms with Crippen LogP contribution in [-0.4, -0.2) is 24.2 Å². The summed E-state index contributed by atoms with van der Waals surface area (Å²) >= 11 is 12.3. The average molecular weight is 384 g/mol. The lowest BCUT2D eigenvalue weighted by Gasteiger charge is -2.15. The average Bonchev–Trinajstić information content (AvgIpc) is 2.56. The van der Waals surface area contributed by atoms with Crippen molar-refractivity contribution in [3.63, 3.8) is 0 Å². The maximum absolute atomic E-state index is 10.6. The Bertz CT molecular complexity index is 737. The van der Waals surface area contributed by atoms with E-state index in [-0.39, 0.29) is 6.54 Å². The van der Waals surface area contributed by atoms with E-state index in [4.69, 9.17) is 37.8 Å². The first kappa shape index (κ1) is 19.4. The van der Waals surface area contributed by atoms with Gasteiger partial charge in [-0.2, -0.15) is 0 Å². The van der Waals surface area contributed by atoms with Crippen LogP contribution in [0, 0.1) is 0 Å². The SMILES string of the molecule is CCOc1cc(CNCC(=O)O)c(Cl)cc1OCc1cccc(Cl)c1. The van der Waals surface area contributed by atoms with Crippen molar-refractivity contribution in [1.29, 1.82) is 0 Å². The van der Waals surface area contributed by atoms with Crippen LogP contribution in [-0.2, 0) is 17.9 Å². The molecule has 0 aliphatic rings. The molecule has 0 amide bonds. The lowest BCUT2D eigenvalue weighted by Crippen LogP contribution is -2.22. The number of carboxylic acid groups (broad SMARTS) is 1. The second kappa shape index (κ2) is 9.51. The largest absolute Gasteiger partial charge is 0.490 e. The summed E-state index contributed by atoms with van der Waals surface area (Å²) in [5.41, 5.74) is 1.67. The van der Waals surface area contributed by atoms with Gasteiger partial charge >= 0.3 is 5.97 Å². The van der Waals surface area contributed by atoms with Crippen molar-refractivity contribution in [2.75, 3.05) is 13.2 Å². The van der Waals surface area contributed by atoms with Crippen LogP contribution in [0.25, 0.3) is 0 Å². The molecule has 5 nitrogen and oxygen atoms in total. The molecular weight excluding hydrogens is 365 g/mol. The molecule has 0 atom stereocenters. The fraction of sp³-hybridized carbons (Fsp3) is 0.278. The van der Waals surface area contributed by atoms with Crippen molar-refractivity contribution >= 4 is 29.2 Å². The van der Waals surface area contributed by atoms with Gasteiger partial charge in [0, 0.05) is 22.7 Å². The predicted octanol–water partition coefficient (Wildman–Crippen LogP) is 4.15. The molecule has 2 rings (SSSR count). The van der Waals surface area contributed by atoms with Gasteiger partial charge in [0.2, 0.25) is 0 Å². The molecule has 0 spiro atoms. The van der Waals surface area contributed by atoms with Gasteiger partial charge < -0.3 is 19.9 Å². The second-order valence-corrected chi connectivity index (χ2v) is 6.08. The summed E-state index contributed by atoms with van der Waals surface area (Å²) < 4.78 is 11.4. The number of rotatable bonds is 9. The first-order chi connectivity index (χ1) is 12.0. The third-order valence-electron chi connectivity index (χ3n) is 3.29. The van der Waals surface area contributed by atoms with E-state index in [2.05, 4.69) is 5.32 Å². The lowest BCUT2D eigenvalue weighted by molar-refractivity contribution is -0.135. The van der Waals surface area contributed by atoms with Crippen molar-refractivity contribution in [2.45, 2.75) is 20.1 Å². The highest BCUT2D eigenvalue weighted by atomic mass is 35.5. The van der Waals surface area contributed by atoms with E-state index < -0.39 is 5.97 Å². The molecule has 25 heavy (non-hydrogen) atoms. The predicted molar refractivity (Wildman–Crippen MR) is 97.7 cm³/mol. The van der Waals surface area contributed by atoms with Gasteiger partial charge in [-0.15, -0.1) is 0 Å². The van der Waals surface area contributed by atoms with Crippen molar-refractivity contribution in [3.8, 4) is 11.5 Å². The van der Waals surface area contributed by atoms with Crippen LogP contribution in [0.4, 0.5) is 0 Å². The molecule has 0 radical (unpaired) electrons. The van der Waals surface area contributed by atoms with Gasteiger partial charge in [-0.1, -0.05) is 35.3 Å². The third-order valence-corrected chi connectivity index (χ3v) is 3.87. The molecule has 0 aliphatic heterocycles. The minimum atomic E-state index is -0.928. The van der Waals surface area contributed by atoms with Gasteiger partial charge in [0.15, 0.2) is 11.5 Å². The van der Waals surface area contributed by atoms with Crippen LogP contribution < -0.4 is 14.8 Å². The van der Waals surface area contributed by atoms with Crippen molar-refractivity contribution in [2.24, 2.45) is 0 Å². The number of hydrogen-bond acceptors (Lipinski definition) is 4. The summed E-state index contributed by atoms with van der Waals surface area (Å²) in [4.78, 5) is 10.6. The van der Waals surface area contributed by atoms with E-state index in [1.165, 1.54) is 0 Å². The number of hydrogen-bond donors (Lipinski definition) is 2. The van der Waals surface area contributed by atoms with E-state index in [1.54, 1.807) is 18.2 Å². The minimum absolute atomic E-state index is 0.146. The lowest BCUT2D eigenvalue weighted by atomic mass is 10.2. The van der Waals surface area contributed by atoms with Crippen molar-refractivity contribution in [1.82, 2.24) is 5.32 Å². The Morgan fingerprint density at radius 3 is 2.60 bits per heavy atom. The summed E-state index contributed by atoms with van der Waals surface area (Å²) in [5, 5.41) is 12.6. The third kappa shape index (κ3) is 6.12. The van der Waals surface area contributed by atoms with Crippen LogP contribution >= 0.6 is 23.2 Å². The summed E-state index contributed by atoms with van der Waals surface area (Å²) in [6.45, 7) is 2.84. The second-order valence-electron chi connectivity index (χ2n) is 5.24. The molecule has 0 bridgehead atoms. The Kier molecular flexibility index (Phi) is 7.37. The number of carboxylic acids is 1. The molecule has 0 saturated heterocycles. The molecule has 0 heterocycles. The van der Waals surface area contributed by atoms with Crippen LogP contribution in [0.1, 0.15) is 18.1 Å². The topological polar surface area (TPSA) is 67.8 Å². The van der Waals surface area contributed by atoms with Gasteiger partial charge in [0.1, 0.15) is 6.61 Å². The molecule has 2 aromatic rings. The molecule has 2 N–H and O–H groups in total. The van der Waals surface area contributed by atoms with Gasteiger partial charge in [0.05, 0.1) is 13.2 Å². The van der Waals surface area contributed by atoms with Gasteiger partial charge in [-0.05, 0) is 36.2 Å². The van der Waals surface area contributed by atoms with Crippen LogP contribution in [0.5, 0.6) is 11.5 Å². The molecule has 0 unspecified atom stereocenters.